The second-order valence-corrected chi connectivity index (χ2v) is 4.89. The van der Waals surface area contributed by atoms with E-state index in [-0.39, 0.29) is 21.7 Å². The van der Waals surface area contributed by atoms with E-state index in [1.165, 1.54) is 0 Å². The first kappa shape index (κ1) is 11.3. The molecule has 0 N–H and O–H groups in total. The minimum absolute atomic E-state index is 0.0621. The quantitative estimate of drug-likeness (QED) is 0.533. The maximum Gasteiger partial charge on any atom is 0.216 e. The van der Waals surface area contributed by atoms with Crippen molar-refractivity contribution in [2.24, 2.45) is 11.8 Å². The van der Waals surface area contributed by atoms with Crippen molar-refractivity contribution in [3.63, 3.8) is 0 Å². The molecule has 0 spiro atoms. The fourth-order valence-corrected chi connectivity index (χ4v) is 3.46. The normalized spacial score (nSPS) is 38.8. The Bertz CT molecular complexity index is 277. The monoisotopic (exact) mass is 228 g/mol. The molecule has 0 aliphatic heterocycles. The van der Waals surface area contributed by atoms with Crippen LogP contribution in [-0.4, -0.2) is 21.9 Å². The average Bonchev–Trinajstić information content (AvgIpc) is 2.27. The van der Waals surface area contributed by atoms with E-state index in [1.807, 2.05) is 0 Å². The van der Waals surface area contributed by atoms with E-state index in [1.54, 1.807) is 0 Å². The van der Waals surface area contributed by atoms with Crippen LogP contribution in [0.15, 0.2) is 0 Å². The number of nitrogens with zero attached hydrogens (tertiary/aromatic N) is 2. The second-order valence-electron chi connectivity index (χ2n) is 4.89. The Morgan fingerprint density at radius 1 is 0.750 bits per heavy atom. The van der Waals surface area contributed by atoms with Gasteiger partial charge in [-0.15, -0.1) is 0 Å². The van der Waals surface area contributed by atoms with E-state index in [0.717, 1.165) is 25.7 Å². The van der Waals surface area contributed by atoms with E-state index < -0.39 is 12.1 Å². The van der Waals surface area contributed by atoms with Gasteiger partial charge in [0.05, 0.1) is 0 Å². The van der Waals surface area contributed by atoms with Gasteiger partial charge in [0.25, 0.3) is 0 Å². The predicted molar refractivity (Wildman–Crippen MR) is 56.2 cm³/mol. The van der Waals surface area contributed by atoms with Crippen LogP contribution < -0.4 is 0 Å². The van der Waals surface area contributed by atoms with Crippen LogP contribution in [-0.2, 0) is 0 Å². The molecule has 6 heteroatoms. The molecule has 4 atom stereocenters. The SMILES string of the molecule is O=[N+]([O-])[C@@H]1CCC[C@@H]2[C@@H]1CCC[C@@H]2[N+](=O)[O-]. The molecule has 0 radical (unpaired) electrons. The maximum atomic E-state index is 10.9. The lowest BCUT2D eigenvalue weighted by molar-refractivity contribution is -0.564. The molecule has 0 aromatic heterocycles. The molecule has 0 aromatic carbocycles. The molecule has 0 amide bonds. The smallest absolute Gasteiger partial charge is 0.216 e. The number of rotatable bonds is 2. The van der Waals surface area contributed by atoms with E-state index in [9.17, 15) is 20.2 Å². The molecule has 0 aromatic rings. The summed E-state index contributed by atoms with van der Waals surface area (Å²) in [4.78, 5) is 21.4. The highest BCUT2D eigenvalue weighted by Crippen LogP contribution is 2.42. The predicted octanol–water partition coefficient (Wildman–Crippen LogP) is 1.88. The number of hydrogen-bond donors (Lipinski definition) is 0. The first-order valence-corrected chi connectivity index (χ1v) is 5.88. The van der Waals surface area contributed by atoms with Gasteiger partial charge in [-0.25, -0.2) is 0 Å². The Morgan fingerprint density at radius 3 is 1.44 bits per heavy atom. The third-order valence-corrected chi connectivity index (χ3v) is 4.15. The summed E-state index contributed by atoms with van der Waals surface area (Å²) < 4.78 is 0. The summed E-state index contributed by atoms with van der Waals surface area (Å²) in [6.45, 7) is 0. The van der Waals surface area contributed by atoms with Crippen LogP contribution in [0.5, 0.6) is 0 Å². The van der Waals surface area contributed by atoms with Crippen LogP contribution >= 0.6 is 0 Å². The topological polar surface area (TPSA) is 86.3 Å². The van der Waals surface area contributed by atoms with Crippen molar-refractivity contribution in [2.75, 3.05) is 0 Å². The zero-order chi connectivity index (χ0) is 11.7. The zero-order valence-electron chi connectivity index (χ0n) is 9.08. The Labute approximate surface area is 93.3 Å². The number of fused-ring (bicyclic) bond motifs is 1. The summed E-state index contributed by atoms with van der Waals surface area (Å²) in [6.07, 6.45) is 4.30. The molecule has 0 bridgehead atoms. The van der Waals surface area contributed by atoms with Crippen molar-refractivity contribution in [1.82, 2.24) is 0 Å². The Balaban J connectivity index is 2.17. The Kier molecular flexibility index (Phi) is 3.07. The molecule has 2 aliphatic rings. The highest BCUT2D eigenvalue weighted by molar-refractivity contribution is 4.90. The first-order valence-electron chi connectivity index (χ1n) is 5.88. The largest absolute Gasteiger partial charge is 0.264 e. The van der Waals surface area contributed by atoms with Gasteiger partial charge in [-0.1, -0.05) is 0 Å². The third-order valence-electron chi connectivity index (χ3n) is 4.15. The minimum atomic E-state index is -0.540. The van der Waals surface area contributed by atoms with Crippen molar-refractivity contribution in [1.29, 1.82) is 0 Å². The minimum Gasteiger partial charge on any atom is -0.264 e. The lowest BCUT2D eigenvalue weighted by Gasteiger charge is -2.37. The van der Waals surface area contributed by atoms with Gasteiger partial charge in [0.1, 0.15) is 0 Å². The summed E-state index contributed by atoms with van der Waals surface area (Å²) >= 11 is 0. The average molecular weight is 228 g/mol. The fourth-order valence-electron chi connectivity index (χ4n) is 3.46. The van der Waals surface area contributed by atoms with Gasteiger partial charge < -0.3 is 0 Å². The van der Waals surface area contributed by atoms with E-state index >= 15 is 0 Å². The standard InChI is InChI=1S/C10H16N2O4/c13-11(14)9-5-1-3-7-8(9)4-2-6-10(7)12(15)16/h7-10H,1-6H2/t7-,8+,9-,10+. The highest BCUT2D eigenvalue weighted by Gasteiger charge is 2.49. The lowest BCUT2D eigenvalue weighted by Crippen LogP contribution is -2.47. The molecule has 0 heterocycles. The van der Waals surface area contributed by atoms with Gasteiger partial charge in [0.15, 0.2) is 0 Å². The van der Waals surface area contributed by atoms with Crippen molar-refractivity contribution >= 4 is 0 Å². The number of nitro groups is 2. The van der Waals surface area contributed by atoms with Gasteiger partial charge >= 0.3 is 0 Å². The van der Waals surface area contributed by atoms with Crippen LogP contribution in [0.1, 0.15) is 38.5 Å². The summed E-state index contributed by atoms with van der Waals surface area (Å²) in [5.41, 5.74) is 0. The van der Waals surface area contributed by atoms with Gasteiger partial charge in [-0.05, 0) is 25.7 Å². The molecule has 0 saturated heterocycles. The lowest BCUT2D eigenvalue weighted by atomic mass is 9.66. The second kappa shape index (κ2) is 4.35. The molecule has 2 saturated carbocycles. The van der Waals surface area contributed by atoms with Crippen LogP contribution in [0.25, 0.3) is 0 Å². The molecule has 2 rings (SSSR count). The molecule has 16 heavy (non-hydrogen) atoms. The van der Waals surface area contributed by atoms with Crippen molar-refractivity contribution < 1.29 is 9.85 Å². The van der Waals surface area contributed by atoms with Crippen molar-refractivity contribution in [3.8, 4) is 0 Å². The Morgan fingerprint density at radius 2 is 1.12 bits per heavy atom. The van der Waals surface area contributed by atoms with E-state index in [0.29, 0.717) is 12.8 Å². The Hall–Kier alpha value is -1.20. The molecule has 90 valence electrons. The summed E-state index contributed by atoms with van der Waals surface area (Å²) in [5, 5.41) is 21.8. The van der Waals surface area contributed by atoms with Gasteiger partial charge in [-0.2, -0.15) is 0 Å². The third kappa shape index (κ3) is 1.88. The fraction of sp³-hybridized carbons (Fsp3) is 1.00. The van der Waals surface area contributed by atoms with Crippen LogP contribution in [0.3, 0.4) is 0 Å². The van der Waals surface area contributed by atoms with Crippen LogP contribution in [0, 0.1) is 32.1 Å². The molecule has 2 aliphatic carbocycles. The summed E-state index contributed by atoms with van der Waals surface area (Å²) in [6, 6.07) is -1.08. The van der Waals surface area contributed by atoms with Crippen LogP contribution in [0.4, 0.5) is 0 Å². The highest BCUT2D eigenvalue weighted by atomic mass is 16.6. The van der Waals surface area contributed by atoms with Gasteiger partial charge in [0, 0.05) is 34.5 Å². The summed E-state index contributed by atoms with van der Waals surface area (Å²) in [5.74, 6) is -0.124. The molecule has 0 unspecified atom stereocenters. The number of hydrogen-bond acceptors (Lipinski definition) is 4. The van der Waals surface area contributed by atoms with Gasteiger partial charge in [-0.3, -0.25) is 20.2 Å². The van der Waals surface area contributed by atoms with Crippen LogP contribution in [0.2, 0.25) is 0 Å². The van der Waals surface area contributed by atoms with E-state index in [2.05, 4.69) is 0 Å². The zero-order valence-corrected chi connectivity index (χ0v) is 9.08. The van der Waals surface area contributed by atoms with Crippen molar-refractivity contribution in [2.45, 2.75) is 50.6 Å². The molecule has 2 fully saturated rings. The van der Waals surface area contributed by atoms with E-state index in [4.69, 9.17) is 0 Å². The maximum absolute atomic E-state index is 10.9. The summed E-state index contributed by atoms with van der Waals surface area (Å²) in [7, 11) is 0. The van der Waals surface area contributed by atoms with Crippen molar-refractivity contribution in [3.05, 3.63) is 20.2 Å². The molecule has 6 nitrogen and oxygen atoms in total. The molecular formula is C10H16N2O4. The van der Waals surface area contributed by atoms with Gasteiger partial charge in [0.2, 0.25) is 12.1 Å². The first-order chi connectivity index (χ1) is 7.61. The molecular weight excluding hydrogens is 212 g/mol.